The van der Waals surface area contributed by atoms with E-state index in [1.807, 2.05) is 31.2 Å². The molecule has 0 aliphatic carbocycles. The predicted octanol–water partition coefficient (Wildman–Crippen LogP) is 2.21. The summed E-state index contributed by atoms with van der Waals surface area (Å²) < 4.78 is 0. The molecule has 80 valence electrons. The largest absolute Gasteiger partial charge is 0.294 e. The Morgan fingerprint density at radius 1 is 1.12 bits per heavy atom. The molecule has 3 heteroatoms. The molecule has 3 nitrogen and oxygen atoms in total. The highest BCUT2D eigenvalue weighted by Crippen LogP contribution is 2.06. The molecule has 0 radical (unpaired) electrons. The van der Waals surface area contributed by atoms with Gasteiger partial charge in [-0.3, -0.25) is 4.79 Å². The molecule has 0 saturated heterocycles. The van der Waals surface area contributed by atoms with Gasteiger partial charge in [0.25, 0.3) is 0 Å². The van der Waals surface area contributed by atoms with Gasteiger partial charge in [0.05, 0.1) is 6.42 Å². The van der Waals surface area contributed by atoms with Gasteiger partial charge >= 0.3 is 0 Å². The molecule has 0 aliphatic rings. The van der Waals surface area contributed by atoms with Gasteiger partial charge in [-0.1, -0.05) is 29.8 Å². The molecule has 0 amide bonds. The molecule has 0 bridgehead atoms. The average molecular weight is 212 g/mol. The summed E-state index contributed by atoms with van der Waals surface area (Å²) >= 11 is 0. The summed E-state index contributed by atoms with van der Waals surface area (Å²) in [5.74, 6) is 0.610. The lowest BCUT2D eigenvalue weighted by Gasteiger charge is -2.00. The first kappa shape index (κ1) is 10.5. The van der Waals surface area contributed by atoms with E-state index in [2.05, 4.69) is 9.97 Å². The fraction of sp³-hybridized carbons (Fsp3) is 0.154. The molecule has 0 fully saturated rings. The van der Waals surface area contributed by atoms with Gasteiger partial charge in [-0.15, -0.1) is 0 Å². The van der Waals surface area contributed by atoms with Crippen molar-refractivity contribution in [3.63, 3.8) is 0 Å². The number of hydrogen-bond acceptors (Lipinski definition) is 3. The van der Waals surface area contributed by atoms with Crippen LogP contribution < -0.4 is 0 Å². The van der Waals surface area contributed by atoms with Crippen LogP contribution in [0.1, 0.15) is 21.7 Å². The summed E-state index contributed by atoms with van der Waals surface area (Å²) in [7, 11) is 0. The summed E-state index contributed by atoms with van der Waals surface area (Å²) in [6, 6.07) is 9.26. The smallest absolute Gasteiger partial charge is 0.170 e. The standard InChI is InChI=1S/C13H12N2O/c1-10-3-5-11(6-4-10)12(16)9-13-14-7-2-8-15-13/h2-8H,9H2,1H3. The fourth-order valence-corrected chi connectivity index (χ4v) is 1.41. The molecule has 0 atom stereocenters. The Hall–Kier alpha value is -2.03. The number of Topliss-reactive ketones (excluding diaryl/α,β-unsaturated/α-hetero) is 1. The first-order valence-electron chi connectivity index (χ1n) is 5.11. The van der Waals surface area contributed by atoms with Gasteiger partial charge in [0, 0.05) is 18.0 Å². The van der Waals surface area contributed by atoms with E-state index in [4.69, 9.17) is 0 Å². The van der Waals surface area contributed by atoms with E-state index in [0.717, 1.165) is 5.56 Å². The molecule has 0 N–H and O–H groups in total. The molecule has 2 aromatic rings. The minimum absolute atomic E-state index is 0.0474. The lowest BCUT2D eigenvalue weighted by Crippen LogP contribution is -2.06. The highest BCUT2D eigenvalue weighted by Gasteiger charge is 2.07. The number of aryl methyl sites for hydroxylation is 1. The lowest BCUT2D eigenvalue weighted by atomic mass is 10.1. The van der Waals surface area contributed by atoms with Gasteiger partial charge in [0.2, 0.25) is 0 Å². The minimum atomic E-state index is 0.0474. The van der Waals surface area contributed by atoms with Crippen LogP contribution in [0, 0.1) is 6.92 Å². The third-order valence-corrected chi connectivity index (χ3v) is 2.31. The van der Waals surface area contributed by atoms with E-state index in [1.165, 1.54) is 0 Å². The average Bonchev–Trinajstić information content (AvgIpc) is 2.31. The molecule has 16 heavy (non-hydrogen) atoms. The number of carbonyl (C=O) groups excluding carboxylic acids is 1. The van der Waals surface area contributed by atoms with Gasteiger partial charge in [0.15, 0.2) is 5.78 Å². The van der Waals surface area contributed by atoms with Crippen LogP contribution in [-0.4, -0.2) is 15.8 Å². The summed E-state index contributed by atoms with van der Waals surface area (Å²) in [6.45, 7) is 1.99. The van der Waals surface area contributed by atoms with E-state index in [1.54, 1.807) is 18.5 Å². The summed E-state index contributed by atoms with van der Waals surface area (Å²) in [4.78, 5) is 19.9. The zero-order chi connectivity index (χ0) is 11.4. The molecule has 0 spiro atoms. The van der Waals surface area contributed by atoms with Crippen LogP contribution in [-0.2, 0) is 6.42 Å². The van der Waals surface area contributed by atoms with Crippen LogP contribution in [0.5, 0.6) is 0 Å². The first-order valence-corrected chi connectivity index (χ1v) is 5.11. The van der Waals surface area contributed by atoms with Crippen LogP contribution in [0.3, 0.4) is 0 Å². The quantitative estimate of drug-likeness (QED) is 0.732. The van der Waals surface area contributed by atoms with Crippen molar-refractivity contribution in [3.05, 3.63) is 59.7 Å². The maximum Gasteiger partial charge on any atom is 0.170 e. The maximum absolute atomic E-state index is 11.8. The van der Waals surface area contributed by atoms with Crippen molar-refractivity contribution in [2.45, 2.75) is 13.3 Å². The van der Waals surface area contributed by atoms with E-state index >= 15 is 0 Å². The molecule has 1 aromatic heterocycles. The molecule has 1 heterocycles. The molecule has 1 aromatic carbocycles. The fourth-order valence-electron chi connectivity index (χ4n) is 1.41. The number of carbonyl (C=O) groups is 1. The second kappa shape index (κ2) is 4.66. The van der Waals surface area contributed by atoms with Crippen molar-refractivity contribution in [2.75, 3.05) is 0 Å². The number of nitrogens with zero attached hydrogens (tertiary/aromatic N) is 2. The van der Waals surface area contributed by atoms with Crippen LogP contribution in [0.25, 0.3) is 0 Å². The van der Waals surface area contributed by atoms with Crippen molar-refractivity contribution in [2.24, 2.45) is 0 Å². The second-order valence-electron chi connectivity index (χ2n) is 3.63. The van der Waals surface area contributed by atoms with Crippen LogP contribution >= 0.6 is 0 Å². The highest BCUT2D eigenvalue weighted by atomic mass is 16.1. The summed E-state index contributed by atoms with van der Waals surface area (Å²) in [6.07, 6.45) is 3.54. The normalized spacial score (nSPS) is 10.1. The summed E-state index contributed by atoms with van der Waals surface area (Å²) in [5.41, 5.74) is 1.85. The number of rotatable bonds is 3. The molecule has 0 aliphatic heterocycles. The van der Waals surface area contributed by atoms with Crippen molar-refractivity contribution in [3.8, 4) is 0 Å². The van der Waals surface area contributed by atoms with Crippen molar-refractivity contribution in [1.82, 2.24) is 9.97 Å². The van der Waals surface area contributed by atoms with Crippen LogP contribution in [0.15, 0.2) is 42.7 Å². The minimum Gasteiger partial charge on any atom is -0.294 e. The Morgan fingerprint density at radius 2 is 1.75 bits per heavy atom. The van der Waals surface area contributed by atoms with Gasteiger partial charge in [0.1, 0.15) is 5.82 Å². The Balaban J connectivity index is 2.12. The Morgan fingerprint density at radius 3 is 2.38 bits per heavy atom. The topological polar surface area (TPSA) is 42.9 Å². The second-order valence-corrected chi connectivity index (χ2v) is 3.63. The molecule has 0 saturated carbocycles. The van der Waals surface area contributed by atoms with Crippen LogP contribution in [0.4, 0.5) is 0 Å². The van der Waals surface area contributed by atoms with Crippen molar-refractivity contribution >= 4 is 5.78 Å². The van der Waals surface area contributed by atoms with Gasteiger partial charge in [-0.05, 0) is 13.0 Å². The zero-order valence-corrected chi connectivity index (χ0v) is 9.05. The Kier molecular flexibility index (Phi) is 3.05. The van der Waals surface area contributed by atoms with Crippen molar-refractivity contribution in [1.29, 1.82) is 0 Å². The third kappa shape index (κ3) is 2.51. The SMILES string of the molecule is Cc1ccc(C(=O)Cc2ncccn2)cc1. The van der Waals surface area contributed by atoms with E-state index < -0.39 is 0 Å². The molecule has 2 rings (SSSR count). The molecular formula is C13H12N2O. The lowest BCUT2D eigenvalue weighted by molar-refractivity contribution is 0.0991. The Bertz CT molecular complexity index is 477. The summed E-state index contributed by atoms with van der Waals surface area (Å²) in [5, 5.41) is 0. The maximum atomic E-state index is 11.8. The van der Waals surface area contributed by atoms with Gasteiger partial charge < -0.3 is 0 Å². The van der Waals surface area contributed by atoms with Gasteiger partial charge in [-0.2, -0.15) is 0 Å². The number of aromatic nitrogens is 2. The molecule has 0 unspecified atom stereocenters. The van der Waals surface area contributed by atoms with E-state index in [-0.39, 0.29) is 12.2 Å². The monoisotopic (exact) mass is 212 g/mol. The molecular weight excluding hydrogens is 200 g/mol. The van der Waals surface area contributed by atoms with E-state index in [0.29, 0.717) is 11.4 Å². The van der Waals surface area contributed by atoms with Crippen LogP contribution in [0.2, 0.25) is 0 Å². The third-order valence-electron chi connectivity index (χ3n) is 2.31. The number of benzene rings is 1. The van der Waals surface area contributed by atoms with Crippen molar-refractivity contribution < 1.29 is 4.79 Å². The predicted molar refractivity (Wildman–Crippen MR) is 61.2 cm³/mol. The Labute approximate surface area is 94.2 Å². The highest BCUT2D eigenvalue weighted by molar-refractivity contribution is 5.97. The van der Waals surface area contributed by atoms with E-state index in [9.17, 15) is 4.79 Å². The first-order chi connectivity index (χ1) is 7.75. The zero-order valence-electron chi connectivity index (χ0n) is 9.05. The number of ketones is 1. The van der Waals surface area contributed by atoms with Gasteiger partial charge in [-0.25, -0.2) is 9.97 Å². The number of hydrogen-bond donors (Lipinski definition) is 0.